The number of carbonyl (C=O) groups excluding carboxylic acids is 2. The summed E-state index contributed by atoms with van der Waals surface area (Å²) in [5.41, 5.74) is 0.981. The van der Waals surface area contributed by atoms with Crippen LogP contribution in [-0.4, -0.2) is 51.8 Å². The third-order valence-corrected chi connectivity index (χ3v) is 8.24. The molecule has 11 nitrogen and oxygen atoms in total. The largest absolute Gasteiger partial charge is 0.619 e. The van der Waals surface area contributed by atoms with Crippen molar-refractivity contribution < 1.29 is 50.5 Å². The van der Waals surface area contributed by atoms with Crippen LogP contribution < -0.4 is 23.7 Å². The molecule has 45 heavy (non-hydrogen) atoms. The number of anilines is 1. The van der Waals surface area contributed by atoms with Crippen LogP contribution in [0.3, 0.4) is 0 Å². The van der Waals surface area contributed by atoms with Crippen molar-refractivity contribution in [1.82, 2.24) is 0 Å². The lowest BCUT2D eigenvalue weighted by Crippen LogP contribution is -2.25. The molecule has 242 valence electrons. The van der Waals surface area contributed by atoms with Gasteiger partial charge >= 0.3 is 12.6 Å². The van der Waals surface area contributed by atoms with E-state index in [1.165, 1.54) is 55.8 Å². The zero-order valence-corrected chi connectivity index (χ0v) is 26.4. The van der Waals surface area contributed by atoms with Gasteiger partial charge < -0.3 is 24.2 Å². The number of nitrogens with one attached hydrogen (secondary N) is 1. The van der Waals surface area contributed by atoms with Crippen LogP contribution in [0.15, 0.2) is 54.9 Å². The van der Waals surface area contributed by atoms with Crippen molar-refractivity contribution in [3.63, 3.8) is 0 Å². The van der Waals surface area contributed by atoms with Crippen molar-refractivity contribution in [2.45, 2.75) is 32.0 Å². The average molecular weight is 687 g/mol. The number of pyridine rings is 1. The van der Waals surface area contributed by atoms with E-state index in [0.717, 1.165) is 25.3 Å². The molecule has 1 N–H and O–H groups in total. The Morgan fingerprint density at radius 3 is 2.51 bits per heavy atom. The highest BCUT2D eigenvalue weighted by Gasteiger charge is 2.26. The summed E-state index contributed by atoms with van der Waals surface area (Å²) in [6.45, 7) is -2.79. The molecule has 1 aromatic heterocycles. The predicted octanol–water partition coefficient (Wildman–Crippen LogP) is 5.14. The van der Waals surface area contributed by atoms with Crippen LogP contribution in [0.1, 0.15) is 40.4 Å². The topological polar surface area (TPSA) is 144 Å². The summed E-state index contributed by atoms with van der Waals surface area (Å²) >= 11 is 6.88. The van der Waals surface area contributed by atoms with Gasteiger partial charge in [0.1, 0.15) is 16.9 Å². The first-order valence-corrected chi connectivity index (χ1v) is 16.7. The molecule has 1 saturated carbocycles. The third-order valence-electron chi connectivity index (χ3n) is 6.43. The lowest BCUT2D eigenvalue weighted by molar-refractivity contribution is -0.605. The maximum atomic E-state index is 13.1. The van der Waals surface area contributed by atoms with Crippen molar-refractivity contribution in [1.29, 1.82) is 0 Å². The summed E-state index contributed by atoms with van der Waals surface area (Å²) in [6, 6.07) is 9.74. The molecule has 16 heteroatoms. The molecule has 3 aromatic rings. The number of alkyl halides is 2. The van der Waals surface area contributed by atoms with Crippen molar-refractivity contribution in [3.05, 3.63) is 81.8 Å². The SMILES string of the molecule is COc1ccc(C(=O)SCC(=O)O[C@@H](Cc2cc[n+]([O-])cc2Cl)c2ccc(OC(F)F)c(OCC3CC3)c2)cc1NS(C)(=O)=O. The number of halogens is 3. The summed E-state index contributed by atoms with van der Waals surface area (Å²) in [7, 11) is -2.33. The number of benzene rings is 2. The molecule has 0 aliphatic heterocycles. The minimum absolute atomic E-state index is 0.000142. The number of rotatable bonds is 15. The Morgan fingerprint density at radius 1 is 1.13 bits per heavy atom. The number of hydrogen-bond acceptors (Lipinski definition) is 10. The molecule has 4 rings (SSSR count). The van der Waals surface area contributed by atoms with Crippen LogP contribution in [-0.2, 0) is 26.0 Å². The summed E-state index contributed by atoms with van der Waals surface area (Å²) in [6.07, 6.45) is 4.20. The summed E-state index contributed by atoms with van der Waals surface area (Å²) in [5, 5.41) is 11.2. The van der Waals surface area contributed by atoms with Crippen molar-refractivity contribution in [2.24, 2.45) is 5.92 Å². The Morgan fingerprint density at radius 2 is 1.87 bits per heavy atom. The van der Waals surface area contributed by atoms with E-state index in [9.17, 15) is 32.0 Å². The normalized spacial score (nSPS) is 13.6. The van der Waals surface area contributed by atoms with E-state index in [2.05, 4.69) is 9.46 Å². The van der Waals surface area contributed by atoms with Gasteiger partial charge in [-0.05, 0) is 60.2 Å². The second-order valence-corrected chi connectivity index (χ2v) is 13.2. The summed E-state index contributed by atoms with van der Waals surface area (Å²) < 4.78 is 73.6. The quantitative estimate of drug-likeness (QED) is 0.130. The van der Waals surface area contributed by atoms with E-state index in [4.69, 9.17) is 25.8 Å². The maximum absolute atomic E-state index is 13.1. The second-order valence-electron chi connectivity index (χ2n) is 10.1. The van der Waals surface area contributed by atoms with E-state index in [0.29, 0.717) is 40.1 Å². The Bertz CT molecular complexity index is 1660. The van der Waals surface area contributed by atoms with Crippen LogP contribution in [0.4, 0.5) is 14.5 Å². The third kappa shape index (κ3) is 10.4. The summed E-state index contributed by atoms with van der Waals surface area (Å²) in [5.74, 6) is -0.856. The van der Waals surface area contributed by atoms with E-state index >= 15 is 0 Å². The van der Waals surface area contributed by atoms with Crippen LogP contribution in [0.5, 0.6) is 17.2 Å². The fourth-order valence-electron chi connectivity index (χ4n) is 4.11. The highest BCUT2D eigenvalue weighted by Crippen LogP contribution is 2.37. The molecule has 0 bridgehead atoms. The molecule has 1 aliphatic carbocycles. The van der Waals surface area contributed by atoms with Gasteiger partial charge in [0.15, 0.2) is 23.9 Å². The number of methoxy groups -OCH3 is 1. The number of ether oxygens (including phenoxy) is 4. The van der Waals surface area contributed by atoms with E-state index in [1.807, 2.05) is 0 Å². The van der Waals surface area contributed by atoms with Gasteiger partial charge in [-0.15, -0.1) is 0 Å². The standard InChI is InChI=1S/C29H29ClF2N2O9S2/c1-40-23-7-6-20(11-22(23)33-45(2,38)39)28(36)44-16-27(35)42-25(12-18-9-10-34(37)14-21(18)30)19-5-8-24(43-29(31)32)26(13-19)41-15-17-3-4-17/h5-11,13-14,17,25,29,33H,3-4,12,15-16H2,1-2H3/t25-/m0/s1. The first-order chi connectivity index (χ1) is 21.3. The van der Waals surface area contributed by atoms with Gasteiger partial charge in [0.25, 0.3) is 0 Å². The molecule has 0 spiro atoms. The average Bonchev–Trinajstić information content (AvgIpc) is 3.80. The molecule has 0 amide bonds. The van der Waals surface area contributed by atoms with Crippen LogP contribution in [0.2, 0.25) is 5.02 Å². The molecule has 1 fully saturated rings. The molecular formula is C29H29ClF2N2O9S2. The number of esters is 1. The number of hydrogen-bond donors (Lipinski definition) is 1. The molecule has 1 heterocycles. The van der Waals surface area contributed by atoms with Crippen LogP contribution in [0, 0.1) is 11.1 Å². The fraction of sp³-hybridized carbons (Fsp3) is 0.345. The van der Waals surface area contributed by atoms with Crippen LogP contribution in [0.25, 0.3) is 0 Å². The van der Waals surface area contributed by atoms with Gasteiger partial charge in [-0.2, -0.15) is 13.5 Å². The number of nitrogens with zero attached hydrogens (tertiary/aromatic N) is 1. The first kappa shape index (κ1) is 34.1. The monoisotopic (exact) mass is 686 g/mol. The number of aromatic nitrogens is 1. The van der Waals surface area contributed by atoms with E-state index < -0.39 is 39.6 Å². The molecule has 1 aliphatic rings. The number of carbonyl (C=O) groups is 2. The van der Waals surface area contributed by atoms with E-state index in [1.54, 1.807) is 0 Å². The van der Waals surface area contributed by atoms with Gasteiger partial charge in [-0.1, -0.05) is 29.4 Å². The Labute approximate surface area is 267 Å². The lowest BCUT2D eigenvalue weighted by atomic mass is 10.0. The Balaban J connectivity index is 1.53. The minimum atomic E-state index is -3.67. The molecule has 0 saturated heterocycles. The van der Waals surface area contributed by atoms with Gasteiger partial charge in [0.2, 0.25) is 15.1 Å². The first-order valence-electron chi connectivity index (χ1n) is 13.4. The predicted molar refractivity (Wildman–Crippen MR) is 162 cm³/mol. The van der Waals surface area contributed by atoms with Crippen molar-refractivity contribution in [2.75, 3.05) is 30.4 Å². The summed E-state index contributed by atoms with van der Waals surface area (Å²) in [4.78, 5) is 25.9. The fourth-order valence-corrected chi connectivity index (χ4v) is 5.52. The molecular weight excluding hydrogens is 658 g/mol. The Hall–Kier alpha value is -3.82. The van der Waals surface area contributed by atoms with Gasteiger partial charge in [0.05, 0.1) is 31.4 Å². The molecule has 1 atom stereocenters. The van der Waals surface area contributed by atoms with Crippen molar-refractivity contribution >= 4 is 50.2 Å². The molecule has 0 unspecified atom stereocenters. The number of sulfonamides is 1. The van der Waals surface area contributed by atoms with Crippen LogP contribution >= 0.6 is 23.4 Å². The van der Waals surface area contributed by atoms with E-state index in [-0.39, 0.29) is 39.9 Å². The van der Waals surface area contributed by atoms with Crippen molar-refractivity contribution in [3.8, 4) is 17.2 Å². The van der Waals surface area contributed by atoms with Gasteiger partial charge in [-0.25, -0.2) is 8.42 Å². The second kappa shape index (κ2) is 15.0. The maximum Gasteiger partial charge on any atom is 0.387 e. The zero-order chi connectivity index (χ0) is 32.7. The van der Waals surface area contributed by atoms with Gasteiger partial charge in [-0.3, -0.25) is 14.3 Å². The highest BCUT2D eigenvalue weighted by molar-refractivity contribution is 8.14. The molecule has 0 radical (unpaired) electrons. The smallest absolute Gasteiger partial charge is 0.387 e. The lowest BCUT2D eigenvalue weighted by Gasteiger charge is -2.21. The minimum Gasteiger partial charge on any atom is -0.619 e. The highest BCUT2D eigenvalue weighted by atomic mass is 35.5. The van der Waals surface area contributed by atoms with Gasteiger partial charge in [0, 0.05) is 18.1 Å². The zero-order valence-electron chi connectivity index (χ0n) is 24.0. The Kier molecular flexibility index (Phi) is 11.3. The molecule has 2 aromatic carbocycles. The number of thioether (sulfide) groups is 1.